The second-order valence-electron chi connectivity index (χ2n) is 8.09. The first-order chi connectivity index (χ1) is 16.6. The van der Waals surface area contributed by atoms with E-state index in [1.807, 2.05) is 0 Å². The summed E-state index contributed by atoms with van der Waals surface area (Å²) in [4.78, 5) is 34.5. The number of carbonyl (C=O) groups excluding carboxylic acids is 2. The van der Waals surface area contributed by atoms with E-state index in [0.29, 0.717) is 36.3 Å². The van der Waals surface area contributed by atoms with Crippen molar-refractivity contribution >= 4 is 39.4 Å². The maximum absolute atomic E-state index is 12.5. The Kier molecular flexibility index (Phi) is 10.6. The average molecular weight is 522 g/mol. The Morgan fingerprint density at radius 2 is 2.06 bits per heavy atom. The molecule has 0 aliphatic rings. The number of rotatable bonds is 13. The molecule has 2 aromatic rings. The Morgan fingerprint density at radius 3 is 2.71 bits per heavy atom. The average Bonchev–Trinajstić information content (AvgIpc) is 2.78. The predicted molar refractivity (Wildman–Crippen MR) is 136 cm³/mol. The largest absolute Gasteiger partial charge is 0.487 e. The number of benzene rings is 2. The van der Waals surface area contributed by atoms with E-state index >= 15 is 0 Å². The van der Waals surface area contributed by atoms with Gasteiger partial charge in [-0.3, -0.25) is 19.7 Å². The summed E-state index contributed by atoms with van der Waals surface area (Å²) in [6, 6.07) is 8.70. The van der Waals surface area contributed by atoms with Crippen molar-refractivity contribution < 1.29 is 23.5 Å². The normalized spacial score (nSPS) is 13.3. The van der Waals surface area contributed by atoms with Crippen LogP contribution in [0.4, 0.5) is 5.69 Å². The number of halogens is 1. The van der Waals surface area contributed by atoms with Gasteiger partial charge >= 0.3 is 5.69 Å². The Balaban J connectivity index is 2.04. The van der Waals surface area contributed by atoms with E-state index in [2.05, 4.69) is 10.9 Å². The van der Waals surface area contributed by atoms with Crippen LogP contribution in [-0.2, 0) is 16.3 Å². The number of nitrogens with zero attached hydrogens (tertiary/aromatic N) is 2. The number of hydrogen-bond acceptors (Lipinski definition) is 6. The van der Waals surface area contributed by atoms with Crippen LogP contribution in [0.15, 0.2) is 53.4 Å². The van der Waals surface area contributed by atoms with Crippen molar-refractivity contribution in [3.05, 3.63) is 80.9 Å². The molecule has 0 spiro atoms. The third-order valence-corrected chi connectivity index (χ3v) is 6.82. The number of aldehydes is 1. The number of nitro benzene ring substituents is 1. The number of aryl methyl sites for hydroxylation is 1. The zero-order valence-electron chi connectivity index (χ0n) is 19.4. The number of amides is 1. The van der Waals surface area contributed by atoms with Crippen LogP contribution in [0.25, 0.3) is 0 Å². The van der Waals surface area contributed by atoms with Gasteiger partial charge in [0.1, 0.15) is 16.2 Å². The smallest absolute Gasteiger partial charge is 0.311 e. The van der Waals surface area contributed by atoms with E-state index in [-0.39, 0.29) is 29.6 Å². The Labute approximate surface area is 209 Å². The van der Waals surface area contributed by atoms with Gasteiger partial charge in [0.25, 0.3) is 5.91 Å². The zero-order valence-corrected chi connectivity index (χ0v) is 20.9. The van der Waals surface area contributed by atoms with Crippen LogP contribution in [0.2, 0.25) is 5.02 Å². The van der Waals surface area contributed by atoms with Crippen molar-refractivity contribution in [3.63, 3.8) is 0 Å². The van der Waals surface area contributed by atoms with E-state index in [0.717, 1.165) is 17.9 Å². The molecule has 1 unspecified atom stereocenters. The van der Waals surface area contributed by atoms with E-state index in [9.17, 15) is 23.9 Å². The molecule has 1 amide bonds. The van der Waals surface area contributed by atoms with E-state index in [1.165, 1.54) is 12.1 Å². The van der Waals surface area contributed by atoms with Crippen LogP contribution in [0, 0.1) is 16.0 Å². The molecule has 0 radical (unpaired) electrons. The molecule has 2 N–H and O–H groups in total. The highest BCUT2D eigenvalue weighted by Gasteiger charge is 2.20. The van der Waals surface area contributed by atoms with Gasteiger partial charge < -0.3 is 4.74 Å². The summed E-state index contributed by atoms with van der Waals surface area (Å²) >= 11 is 5.98. The summed E-state index contributed by atoms with van der Waals surface area (Å²) in [6.07, 6.45) is 4.82. The van der Waals surface area contributed by atoms with Gasteiger partial charge in [0.15, 0.2) is 5.75 Å². The van der Waals surface area contributed by atoms with Crippen molar-refractivity contribution in [2.24, 2.45) is 15.4 Å². The highest BCUT2D eigenvalue weighted by Crippen LogP contribution is 2.29. The maximum atomic E-state index is 12.5. The zero-order chi connectivity index (χ0) is 26.0. The number of ether oxygens (including phenoxy) is 1. The van der Waals surface area contributed by atoms with Gasteiger partial charge in [0, 0.05) is 28.0 Å². The molecule has 0 saturated heterocycles. The van der Waals surface area contributed by atoms with Crippen molar-refractivity contribution in [1.82, 2.24) is 0 Å². The molecule has 0 fully saturated rings. The van der Waals surface area contributed by atoms with Gasteiger partial charge in [-0.05, 0) is 67.5 Å². The molecular formula is C24H28ClN3O6S. The van der Waals surface area contributed by atoms with Crippen LogP contribution in [0.5, 0.6) is 5.75 Å². The molecule has 11 heteroatoms. The van der Waals surface area contributed by atoms with Gasteiger partial charge in [-0.25, -0.2) is 9.35 Å². The lowest BCUT2D eigenvalue weighted by Crippen LogP contribution is -2.23. The van der Waals surface area contributed by atoms with Crippen molar-refractivity contribution in [2.75, 3.05) is 12.4 Å². The quantitative estimate of drug-likeness (QED) is 0.127. The second kappa shape index (κ2) is 13.1. The number of hydrogen-bond donors (Lipinski definition) is 1. The summed E-state index contributed by atoms with van der Waals surface area (Å²) in [6.45, 7) is 5.60. The van der Waals surface area contributed by atoms with Crippen molar-refractivity contribution in [3.8, 4) is 5.75 Å². The van der Waals surface area contributed by atoms with Crippen molar-refractivity contribution in [2.45, 2.75) is 32.6 Å². The number of allylic oxidation sites excluding steroid dienone is 1. The molecule has 0 aliphatic heterocycles. The minimum atomic E-state index is -3.30. The monoisotopic (exact) mass is 521 g/mol. The van der Waals surface area contributed by atoms with Crippen LogP contribution in [0.1, 0.15) is 52.5 Å². The fourth-order valence-electron chi connectivity index (χ4n) is 3.41. The van der Waals surface area contributed by atoms with Gasteiger partial charge in [0.05, 0.1) is 11.5 Å². The summed E-state index contributed by atoms with van der Waals surface area (Å²) in [5.74, 6) is -0.991. The molecule has 0 saturated carbocycles. The van der Waals surface area contributed by atoms with Gasteiger partial charge in [-0.15, -0.1) is 10.9 Å². The third kappa shape index (κ3) is 8.89. The molecule has 0 heterocycles. The van der Waals surface area contributed by atoms with Gasteiger partial charge in [0.2, 0.25) is 0 Å². The van der Waals surface area contributed by atoms with Crippen molar-refractivity contribution in [1.29, 1.82) is 0 Å². The molecule has 2 atom stereocenters. The summed E-state index contributed by atoms with van der Waals surface area (Å²) in [5, 5.41) is 17.8. The number of nitro groups is 1. The fourth-order valence-corrected chi connectivity index (χ4v) is 5.02. The molecular weight excluding hydrogens is 494 g/mol. The highest BCUT2D eigenvalue weighted by molar-refractivity contribution is 7.91. The maximum Gasteiger partial charge on any atom is 0.311 e. The molecule has 188 valence electrons. The van der Waals surface area contributed by atoms with E-state index in [1.54, 1.807) is 31.2 Å². The predicted octanol–water partition coefficient (Wildman–Crippen LogP) is 5.16. The first-order valence-electron chi connectivity index (χ1n) is 10.9. The first kappa shape index (κ1) is 28.2. The van der Waals surface area contributed by atoms with Gasteiger partial charge in [-0.1, -0.05) is 24.6 Å². The number of unbranched alkanes of at least 4 members (excludes halogenated alkanes) is 1. The second-order valence-corrected chi connectivity index (χ2v) is 10.4. The number of nitrogens with two attached hydrogens (primary N) is 1. The van der Waals surface area contributed by atoms with Crippen LogP contribution in [-0.4, -0.2) is 33.7 Å². The highest BCUT2D eigenvalue weighted by atomic mass is 35.5. The topological polar surface area (TPSA) is 142 Å². The summed E-state index contributed by atoms with van der Waals surface area (Å²) < 4.78 is 21.6. The summed E-state index contributed by atoms with van der Waals surface area (Å²) in [7, 11) is -3.30. The Hall–Kier alpha value is -3.08. The molecule has 2 aromatic carbocycles. The molecule has 35 heavy (non-hydrogen) atoms. The summed E-state index contributed by atoms with van der Waals surface area (Å²) in [5.41, 5.74) is 0.863. The molecule has 0 aromatic heterocycles. The molecule has 0 aliphatic carbocycles. The minimum absolute atomic E-state index is 0.00240. The molecule has 2 rings (SSSR count). The molecule has 9 nitrogen and oxygen atoms in total. The van der Waals surface area contributed by atoms with Gasteiger partial charge in [-0.2, -0.15) is 0 Å². The lowest BCUT2D eigenvalue weighted by atomic mass is 10.0. The SMILES string of the molecule is C=CC[C@H](C)CS(N)(=O)=NC(=O)c1ccc(OCCCCc2cc(Cl)ccc2C=O)c([N+](=O)[O-])c1. The standard InChI is InChI=1S/C24H28ClN3O6S/c1-3-6-17(2)16-35(26,33)27-24(30)19-9-11-23(22(14-19)28(31)32)34-12-5-4-7-18-13-21(25)10-8-20(18)15-29/h3,8-11,13-15,17H,1,4-7,12,16H2,2H3,(H2,26,27,30,33)/t17-,35?/m0/s1. The Morgan fingerprint density at radius 1 is 1.31 bits per heavy atom. The number of carbonyl (C=O) groups is 2. The van der Waals surface area contributed by atoms with E-state index < -0.39 is 26.4 Å². The fraction of sp³-hybridized carbons (Fsp3) is 0.333. The minimum Gasteiger partial charge on any atom is -0.487 e. The van der Waals surface area contributed by atoms with Crippen LogP contribution in [0.3, 0.4) is 0 Å². The molecule has 0 bridgehead atoms. The van der Waals surface area contributed by atoms with Crippen LogP contribution >= 0.6 is 11.6 Å². The lowest BCUT2D eigenvalue weighted by molar-refractivity contribution is -0.385. The Bertz CT molecular complexity index is 1220. The van der Waals surface area contributed by atoms with Crippen LogP contribution < -0.4 is 9.88 Å². The van der Waals surface area contributed by atoms with E-state index in [4.69, 9.17) is 21.5 Å². The lowest BCUT2D eigenvalue weighted by Gasteiger charge is -2.10. The first-order valence-corrected chi connectivity index (χ1v) is 13.0. The third-order valence-electron chi connectivity index (χ3n) is 5.06.